The predicted molar refractivity (Wildman–Crippen MR) is 127 cm³/mol. The van der Waals surface area contributed by atoms with Crippen molar-refractivity contribution in [3.8, 4) is 11.5 Å². The van der Waals surface area contributed by atoms with Crippen LogP contribution in [0, 0.1) is 0 Å². The van der Waals surface area contributed by atoms with Crippen LogP contribution in [-0.2, 0) is 11.3 Å². The van der Waals surface area contributed by atoms with E-state index < -0.39 is 5.38 Å². The first kappa shape index (κ1) is 23.2. The van der Waals surface area contributed by atoms with Crippen molar-refractivity contribution in [1.29, 1.82) is 0 Å². The number of halogens is 1. The van der Waals surface area contributed by atoms with Crippen molar-refractivity contribution in [1.82, 2.24) is 0 Å². The molecule has 0 fully saturated rings. The van der Waals surface area contributed by atoms with Gasteiger partial charge in [0.1, 0.15) is 16.9 Å². The van der Waals surface area contributed by atoms with Crippen LogP contribution >= 0.6 is 11.6 Å². The van der Waals surface area contributed by atoms with Crippen LogP contribution in [0.5, 0.6) is 11.5 Å². The fraction of sp³-hybridized carbons (Fsp3) is 0.200. The molecule has 3 aromatic rings. The third kappa shape index (κ3) is 5.39. The number of nitrogens with zero attached hydrogens (tertiary/aromatic N) is 1. The summed E-state index contributed by atoms with van der Waals surface area (Å²) in [5.41, 5.74) is 2.17. The topological polar surface area (TPSA) is 67.9 Å². The van der Waals surface area contributed by atoms with Crippen molar-refractivity contribution in [3.63, 3.8) is 0 Å². The minimum atomic E-state index is -0.756. The Bertz CT molecular complexity index is 1090. The quantitative estimate of drug-likeness (QED) is 0.482. The molecule has 0 radical (unpaired) electrons. The number of carbonyl (C=O) groups is 2. The minimum Gasteiger partial charge on any atom is -0.497 e. The highest BCUT2D eigenvalue weighted by atomic mass is 35.5. The van der Waals surface area contributed by atoms with Crippen molar-refractivity contribution >= 4 is 34.8 Å². The second-order valence-electron chi connectivity index (χ2n) is 7.06. The molecule has 166 valence electrons. The van der Waals surface area contributed by atoms with E-state index in [1.807, 2.05) is 30.3 Å². The summed E-state index contributed by atoms with van der Waals surface area (Å²) < 4.78 is 10.6. The van der Waals surface area contributed by atoms with Gasteiger partial charge in [0.2, 0.25) is 5.91 Å². The first-order valence-corrected chi connectivity index (χ1v) is 10.5. The van der Waals surface area contributed by atoms with Crippen molar-refractivity contribution in [2.75, 3.05) is 24.4 Å². The summed E-state index contributed by atoms with van der Waals surface area (Å²) >= 11 is 6.15. The number of para-hydroxylation sites is 1. The standard InChI is InChI=1S/C25H25ClN2O4/c1-17(26)25(30)28(16-18-9-5-4-6-10-18)22-12-8-7-11-20(22)24(29)27-21-15-19(31-2)13-14-23(21)32-3/h4-15,17H,16H2,1-3H3,(H,27,29). The average molecular weight is 453 g/mol. The first-order valence-electron chi connectivity index (χ1n) is 10.1. The molecule has 2 amide bonds. The van der Waals surface area contributed by atoms with Gasteiger partial charge in [0.25, 0.3) is 5.91 Å². The Hall–Kier alpha value is -3.51. The average Bonchev–Trinajstić information content (AvgIpc) is 2.82. The highest BCUT2D eigenvalue weighted by Crippen LogP contribution is 2.31. The number of benzene rings is 3. The number of ether oxygens (including phenoxy) is 2. The molecule has 0 saturated carbocycles. The zero-order valence-corrected chi connectivity index (χ0v) is 18.9. The van der Waals surface area contributed by atoms with E-state index in [0.717, 1.165) is 5.56 Å². The number of anilines is 2. The summed E-state index contributed by atoms with van der Waals surface area (Å²) in [6.07, 6.45) is 0. The van der Waals surface area contributed by atoms with Gasteiger partial charge in [0.15, 0.2) is 0 Å². The lowest BCUT2D eigenvalue weighted by Gasteiger charge is -2.26. The molecule has 0 spiro atoms. The maximum Gasteiger partial charge on any atom is 0.257 e. The number of methoxy groups -OCH3 is 2. The van der Waals surface area contributed by atoms with Crippen LogP contribution in [0.4, 0.5) is 11.4 Å². The molecule has 0 saturated heterocycles. The molecule has 1 unspecified atom stereocenters. The summed E-state index contributed by atoms with van der Waals surface area (Å²) in [5, 5.41) is 2.11. The smallest absolute Gasteiger partial charge is 0.257 e. The molecular formula is C25H25ClN2O4. The summed E-state index contributed by atoms with van der Waals surface area (Å²) in [6, 6.07) is 21.6. The zero-order chi connectivity index (χ0) is 23.1. The van der Waals surface area contributed by atoms with Crippen LogP contribution in [-0.4, -0.2) is 31.4 Å². The van der Waals surface area contributed by atoms with Crippen LogP contribution in [0.15, 0.2) is 72.8 Å². The number of carbonyl (C=O) groups excluding carboxylic acids is 2. The molecule has 0 aliphatic heterocycles. The highest BCUT2D eigenvalue weighted by Gasteiger charge is 2.25. The molecule has 1 atom stereocenters. The second-order valence-corrected chi connectivity index (χ2v) is 7.72. The number of nitrogens with one attached hydrogen (secondary N) is 1. The van der Waals surface area contributed by atoms with Crippen LogP contribution in [0.1, 0.15) is 22.8 Å². The van der Waals surface area contributed by atoms with Crippen molar-refractivity contribution in [3.05, 3.63) is 83.9 Å². The number of alkyl halides is 1. The van der Waals surface area contributed by atoms with Crippen LogP contribution in [0.3, 0.4) is 0 Å². The molecule has 32 heavy (non-hydrogen) atoms. The van der Waals surface area contributed by atoms with E-state index in [0.29, 0.717) is 28.4 Å². The Kier molecular flexibility index (Phi) is 7.73. The van der Waals surface area contributed by atoms with E-state index in [1.54, 1.807) is 56.5 Å². The molecule has 7 heteroatoms. The molecule has 0 aliphatic rings. The van der Waals surface area contributed by atoms with E-state index >= 15 is 0 Å². The summed E-state index contributed by atoms with van der Waals surface area (Å²) in [6.45, 7) is 1.90. The van der Waals surface area contributed by atoms with E-state index in [-0.39, 0.29) is 18.4 Å². The first-order chi connectivity index (χ1) is 15.4. The van der Waals surface area contributed by atoms with E-state index in [1.165, 1.54) is 12.0 Å². The molecular weight excluding hydrogens is 428 g/mol. The Morgan fingerprint density at radius 2 is 1.66 bits per heavy atom. The van der Waals surface area contributed by atoms with E-state index in [2.05, 4.69) is 5.32 Å². The molecule has 0 aliphatic carbocycles. The van der Waals surface area contributed by atoms with Gasteiger partial charge < -0.3 is 19.7 Å². The summed E-state index contributed by atoms with van der Waals surface area (Å²) in [7, 11) is 3.07. The number of hydrogen-bond acceptors (Lipinski definition) is 4. The number of rotatable bonds is 8. The van der Waals surface area contributed by atoms with Gasteiger partial charge in [-0.05, 0) is 36.8 Å². The Morgan fingerprint density at radius 3 is 2.31 bits per heavy atom. The maximum absolute atomic E-state index is 13.3. The molecule has 3 aromatic carbocycles. The van der Waals surface area contributed by atoms with Gasteiger partial charge in [-0.15, -0.1) is 11.6 Å². The van der Waals surface area contributed by atoms with Crippen LogP contribution in [0.25, 0.3) is 0 Å². The summed E-state index contributed by atoms with van der Waals surface area (Å²) in [5.74, 6) is 0.379. The van der Waals surface area contributed by atoms with Crippen LogP contribution < -0.4 is 19.7 Å². The summed E-state index contributed by atoms with van der Waals surface area (Å²) in [4.78, 5) is 27.8. The van der Waals surface area contributed by atoms with Gasteiger partial charge in [-0.3, -0.25) is 9.59 Å². The maximum atomic E-state index is 13.3. The molecule has 0 heterocycles. The SMILES string of the molecule is COc1ccc(OC)c(NC(=O)c2ccccc2N(Cc2ccccc2)C(=O)C(C)Cl)c1. The minimum absolute atomic E-state index is 0.281. The Morgan fingerprint density at radius 1 is 0.969 bits per heavy atom. The Labute approximate surface area is 192 Å². The van der Waals surface area contributed by atoms with E-state index in [4.69, 9.17) is 21.1 Å². The van der Waals surface area contributed by atoms with Gasteiger partial charge >= 0.3 is 0 Å². The Balaban J connectivity index is 1.99. The lowest BCUT2D eigenvalue weighted by molar-refractivity contribution is -0.118. The van der Waals surface area contributed by atoms with Gasteiger partial charge in [-0.2, -0.15) is 0 Å². The number of amides is 2. The van der Waals surface area contributed by atoms with Crippen molar-refractivity contribution in [2.45, 2.75) is 18.8 Å². The van der Waals surface area contributed by atoms with E-state index in [9.17, 15) is 9.59 Å². The molecule has 1 N–H and O–H groups in total. The lowest BCUT2D eigenvalue weighted by atomic mass is 10.1. The van der Waals surface area contributed by atoms with Gasteiger partial charge in [0, 0.05) is 6.07 Å². The molecule has 0 bridgehead atoms. The largest absolute Gasteiger partial charge is 0.497 e. The van der Waals surface area contributed by atoms with Crippen LogP contribution in [0.2, 0.25) is 0 Å². The molecule has 0 aromatic heterocycles. The fourth-order valence-electron chi connectivity index (χ4n) is 3.26. The van der Waals surface area contributed by atoms with Gasteiger partial charge in [0.05, 0.1) is 37.7 Å². The normalized spacial score (nSPS) is 11.4. The van der Waals surface area contributed by atoms with Gasteiger partial charge in [-0.25, -0.2) is 0 Å². The zero-order valence-electron chi connectivity index (χ0n) is 18.2. The molecule has 6 nitrogen and oxygen atoms in total. The monoisotopic (exact) mass is 452 g/mol. The second kappa shape index (κ2) is 10.7. The number of hydrogen-bond donors (Lipinski definition) is 1. The van der Waals surface area contributed by atoms with Crippen molar-refractivity contribution in [2.24, 2.45) is 0 Å². The highest BCUT2D eigenvalue weighted by molar-refractivity contribution is 6.32. The lowest BCUT2D eigenvalue weighted by Crippen LogP contribution is -2.36. The fourth-order valence-corrected chi connectivity index (χ4v) is 3.38. The third-order valence-electron chi connectivity index (χ3n) is 4.88. The molecule has 3 rings (SSSR count). The third-order valence-corrected chi connectivity index (χ3v) is 5.07. The van der Waals surface area contributed by atoms with Crippen molar-refractivity contribution < 1.29 is 19.1 Å². The van der Waals surface area contributed by atoms with Gasteiger partial charge in [-0.1, -0.05) is 42.5 Å². The predicted octanol–water partition coefficient (Wildman–Crippen LogP) is 5.12.